The second-order valence-corrected chi connectivity index (χ2v) is 6.31. The smallest absolute Gasteiger partial charge is 0.0613 e. The van der Waals surface area contributed by atoms with E-state index in [1.165, 1.54) is 27.1 Å². The van der Waals surface area contributed by atoms with Crippen molar-refractivity contribution in [2.75, 3.05) is 7.05 Å². The largest absolute Gasteiger partial charge is 0.296 e. The van der Waals surface area contributed by atoms with Gasteiger partial charge in [-0.3, -0.25) is 5.01 Å². The van der Waals surface area contributed by atoms with Gasteiger partial charge in [0.2, 0.25) is 0 Å². The average Bonchev–Trinajstić information content (AvgIpc) is 2.66. The average molecular weight is 324 g/mol. The number of benzene rings is 4. The van der Waals surface area contributed by atoms with Crippen molar-refractivity contribution in [2.45, 2.75) is 6.54 Å². The van der Waals surface area contributed by atoms with Crippen LogP contribution < -0.4 is 0 Å². The van der Waals surface area contributed by atoms with Crippen LogP contribution in [0, 0.1) is 0 Å². The third-order valence-electron chi connectivity index (χ3n) is 4.46. The van der Waals surface area contributed by atoms with Gasteiger partial charge in [-0.15, -0.1) is 0 Å². The van der Waals surface area contributed by atoms with E-state index < -0.39 is 0 Å². The first-order valence-corrected chi connectivity index (χ1v) is 8.50. The monoisotopic (exact) mass is 324 g/mol. The lowest BCUT2D eigenvalue weighted by Crippen LogP contribution is -2.11. The normalized spacial score (nSPS) is 11.4. The zero-order chi connectivity index (χ0) is 17.1. The Morgan fingerprint density at radius 3 is 2.36 bits per heavy atom. The summed E-state index contributed by atoms with van der Waals surface area (Å²) in [5, 5.41) is 11.6. The SMILES string of the molecule is CN(Cc1cccc2ccccc12)/N=C/c1ccc2ccccc2c1. The molecule has 4 aromatic carbocycles. The minimum atomic E-state index is 0.783. The Bertz CT molecular complexity index is 1040. The van der Waals surface area contributed by atoms with Gasteiger partial charge in [0, 0.05) is 7.05 Å². The third-order valence-corrected chi connectivity index (χ3v) is 4.46. The fourth-order valence-electron chi connectivity index (χ4n) is 3.17. The molecule has 0 atom stereocenters. The molecule has 0 spiro atoms. The Hall–Kier alpha value is -3.13. The molecular weight excluding hydrogens is 304 g/mol. The lowest BCUT2D eigenvalue weighted by atomic mass is 10.0. The topological polar surface area (TPSA) is 15.6 Å². The minimum Gasteiger partial charge on any atom is -0.296 e. The van der Waals surface area contributed by atoms with Gasteiger partial charge in [0.05, 0.1) is 12.8 Å². The molecule has 0 aliphatic carbocycles. The second kappa shape index (κ2) is 6.78. The molecule has 0 radical (unpaired) electrons. The van der Waals surface area contributed by atoms with E-state index in [0.717, 1.165) is 12.1 Å². The summed E-state index contributed by atoms with van der Waals surface area (Å²) in [7, 11) is 2.01. The molecule has 25 heavy (non-hydrogen) atoms. The molecule has 0 saturated carbocycles. The lowest BCUT2D eigenvalue weighted by molar-refractivity contribution is 0.350. The van der Waals surface area contributed by atoms with Crippen LogP contribution in [0.2, 0.25) is 0 Å². The maximum atomic E-state index is 4.61. The molecule has 0 N–H and O–H groups in total. The van der Waals surface area contributed by atoms with Gasteiger partial charge in [-0.25, -0.2) is 0 Å². The van der Waals surface area contributed by atoms with E-state index in [2.05, 4.69) is 90.0 Å². The molecule has 122 valence electrons. The number of hydrogen-bond acceptors (Lipinski definition) is 2. The van der Waals surface area contributed by atoms with Crippen LogP contribution in [0.25, 0.3) is 21.5 Å². The van der Waals surface area contributed by atoms with E-state index in [1.54, 1.807) is 0 Å². The molecule has 0 heterocycles. The zero-order valence-corrected chi connectivity index (χ0v) is 14.3. The molecule has 4 rings (SSSR count). The fourth-order valence-corrected chi connectivity index (χ4v) is 3.17. The molecule has 0 unspecified atom stereocenters. The number of hydrogen-bond donors (Lipinski definition) is 0. The van der Waals surface area contributed by atoms with Crippen molar-refractivity contribution < 1.29 is 0 Å². The van der Waals surface area contributed by atoms with Gasteiger partial charge in [0.15, 0.2) is 0 Å². The predicted molar refractivity (Wildman–Crippen MR) is 107 cm³/mol. The van der Waals surface area contributed by atoms with Crippen LogP contribution in [-0.2, 0) is 6.54 Å². The Labute approximate surface area is 148 Å². The number of rotatable bonds is 4. The number of fused-ring (bicyclic) bond motifs is 2. The van der Waals surface area contributed by atoms with Crippen molar-refractivity contribution in [1.82, 2.24) is 5.01 Å². The van der Waals surface area contributed by atoms with Crippen LogP contribution in [0.5, 0.6) is 0 Å². The molecule has 2 heteroatoms. The van der Waals surface area contributed by atoms with E-state index in [4.69, 9.17) is 0 Å². The van der Waals surface area contributed by atoms with Crippen LogP contribution in [-0.4, -0.2) is 18.3 Å². The summed E-state index contributed by atoms with van der Waals surface area (Å²) < 4.78 is 0. The maximum absolute atomic E-state index is 4.61. The highest BCUT2D eigenvalue weighted by Gasteiger charge is 2.02. The quantitative estimate of drug-likeness (QED) is 0.359. The maximum Gasteiger partial charge on any atom is 0.0613 e. The Morgan fingerprint density at radius 1 is 0.760 bits per heavy atom. The van der Waals surface area contributed by atoms with Crippen LogP contribution >= 0.6 is 0 Å². The van der Waals surface area contributed by atoms with E-state index in [9.17, 15) is 0 Å². The van der Waals surface area contributed by atoms with Gasteiger partial charge in [0.25, 0.3) is 0 Å². The lowest BCUT2D eigenvalue weighted by Gasteiger charge is -2.14. The highest BCUT2D eigenvalue weighted by atomic mass is 15.4. The van der Waals surface area contributed by atoms with Crippen LogP contribution in [0.1, 0.15) is 11.1 Å². The van der Waals surface area contributed by atoms with Crippen molar-refractivity contribution in [3.63, 3.8) is 0 Å². The van der Waals surface area contributed by atoms with Crippen molar-refractivity contribution in [3.8, 4) is 0 Å². The summed E-state index contributed by atoms with van der Waals surface area (Å²) >= 11 is 0. The van der Waals surface area contributed by atoms with E-state index in [-0.39, 0.29) is 0 Å². The summed E-state index contributed by atoms with van der Waals surface area (Å²) in [6.07, 6.45) is 1.93. The summed E-state index contributed by atoms with van der Waals surface area (Å²) in [6.45, 7) is 0.783. The first-order valence-electron chi connectivity index (χ1n) is 8.50. The first kappa shape index (κ1) is 15.4. The third kappa shape index (κ3) is 3.38. The number of hydrazone groups is 1. The molecule has 0 amide bonds. The zero-order valence-electron chi connectivity index (χ0n) is 14.3. The fraction of sp³-hybridized carbons (Fsp3) is 0.0870. The molecule has 0 aromatic heterocycles. The van der Waals surface area contributed by atoms with E-state index in [0.29, 0.717) is 0 Å². The molecule has 4 aromatic rings. The molecule has 0 saturated heterocycles. The van der Waals surface area contributed by atoms with Gasteiger partial charge in [-0.2, -0.15) is 5.10 Å². The molecular formula is C23H20N2. The Morgan fingerprint density at radius 2 is 1.48 bits per heavy atom. The van der Waals surface area contributed by atoms with E-state index in [1.807, 2.05) is 18.3 Å². The van der Waals surface area contributed by atoms with Crippen molar-refractivity contribution >= 4 is 27.8 Å². The van der Waals surface area contributed by atoms with Gasteiger partial charge < -0.3 is 0 Å². The molecule has 0 aliphatic rings. The summed E-state index contributed by atoms with van der Waals surface area (Å²) in [6, 6.07) is 29.7. The summed E-state index contributed by atoms with van der Waals surface area (Å²) in [5.74, 6) is 0. The van der Waals surface area contributed by atoms with Crippen molar-refractivity contribution in [1.29, 1.82) is 0 Å². The molecule has 2 nitrogen and oxygen atoms in total. The van der Waals surface area contributed by atoms with Crippen molar-refractivity contribution in [2.24, 2.45) is 5.10 Å². The molecule has 0 aliphatic heterocycles. The number of nitrogens with zero attached hydrogens (tertiary/aromatic N) is 2. The Kier molecular flexibility index (Phi) is 4.17. The van der Waals surface area contributed by atoms with Crippen molar-refractivity contribution in [3.05, 3.63) is 96.1 Å². The van der Waals surface area contributed by atoms with Gasteiger partial charge in [0.1, 0.15) is 0 Å². The van der Waals surface area contributed by atoms with Crippen LogP contribution in [0.15, 0.2) is 90.0 Å². The van der Waals surface area contributed by atoms with E-state index >= 15 is 0 Å². The highest BCUT2D eigenvalue weighted by Crippen LogP contribution is 2.20. The van der Waals surface area contributed by atoms with Gasteiger partial charge in [-0.1, -0.05) is 78.9 Å². The predicted octanol–water partition coefficient (Wildman–Crippen LogP) is 5.46. The molecule has 0 fully saturated rings. The van der Waals surface area contributed by atoms with Gasteiger partial charge in [-0.05, 0) is 38.7 Å². The standard InChI is InChI=1S/C23H20N2/c1-25(17-22-11-6-10-20-8-4-5-12-23(20)22)24-16-18-13-14-19-7-2-3-9-21(19)15-18/h2-16H,17H2,1H3/b24-16+. The molecule has 0 bridgehead atoms. The summed E-state index contributed by atoms with van der Waals surface area (Å²) in [4.78, 5) is 0. The van der Waals surface area contributed by atoms with Gasteiger partial charge >= 0.3 is 0 Å². The highest BCUT2D eigenvalue weighted by molar-refractivity contribution is 5.90. The summed E-state index contributed by atoms with van der Waals surface area (Å²) in [5.41, 5.74) is 2.40. The first-order chi connectivity index (χ1) is 12.3. The second-order valence-electron chi connectivity index (χ2n) is 6.31. The van der Waals surface area contributed by atoms with Crippen LogP contribution in [0.3, 0.4) is 0 Å². The minimum absolute atomic E-state index is 0.783. The van der Waals surface area contributed by atoms with Crippen LogP contribution in [0.4, 0.5) is 0 Å². The Balaban J connectivity index is 1.54.